The number of nitrogens with zero attached hydrogens (tertiary/aromatic N) is 5. The van der Waals surface area contributed by atoms with Gasteiger partial charge in [0.05, 0.1) is 32.2 Å². The number of aliphatic hydroxyl groups is 1. The molecule has 0 radical (unpaired) electrons. The Bertz CT molecular complexity index is 1770. The molecule has 0 spiro atoms. The van der Waals surface area contributed by atoms with E-state index in [-0.39, 0.29) is 57.1 Å². The van der Waals surface area contributed by atoms with Crippen molar-refractivity contribution in [2.75, 3.05) is 55.3 Å². The summed E-state index contributed by atoms with van der Waals surface area (Å²) in [7, 11) is -2.74. The Labute approximate surface area is 259 Å². The molecule has 1 aromatic heterocycles. The van der Waals surface area contributed by atoms with Crippen LogP contribution in [0.4, 0.5) is 10.3 Å². The molecule has 2 heterocycles. The maximum Gasteiger partial charge on any atom is 0.246 e. The van der Waals surface area contributed by atoms with Gasteiger partial charge < -0.3 is 19.7 Å². The fraction of sp³-hybridized carbons (Fsp3) is 0.321. The van der Waals surface area contributed by atoms with Crippen LogP contribution in [0, 0.1) is 5.82 Å². The number of hydrogen-bond acceptors (Lipinski definition) is 9. The van der Waals surface area contributed by atoms with Gasteiger partial charge in [0, 0.05) is 11.0 Å². The second kappa shape index (κ2) is 13.0. The van der Waals surface area contributed by atoms with Crippen molar-refractivity contribution in [2.45, 2.75) is 6.10 Å². The third-order valence-corrected chi connectivity index (χ3v) is 10.1. The first-order valence-corrected chi connectivity index (χ1v) is 18.1. The lowest BCUT2D eigenvalue weighted by Crippen LogP contribution is -2.39. The minimum atomic E-state index is -4.34. The van der Waals surface area contributed by atoms with Crippen molar-refractivity contribution in [1.29, 1.82) is 0 Å². The number of para-hydroxylation sites is 1. The lowest BCUT2D eigenvalue weighted by atomic mass is 10.1. The predicted molar refractivity (Wildman–Crippen MR) is 169 cm³/mol. The summed E-state index contributed by atoms with van der Waals surface area (Å²) >= 11 is 3.20. The van der Waals surface area contributed by atoms with Crippen molar-refractivity contribution in [3.05, 3.63) is 75.6 Å². The molecule has 4 rings (SSSR count). The molecule has 0 saturated heterocycles. The van der Waals surface area contributed by atoms with Crippen molar-refractivity contribution < 1.29 is 32.5 Å². The number of aromatic hydroxyl groups is 1. The van der Waals surface area contributed by atoms with Crippen LogP contribution < -0.4 is 9.04 Å². The van der Waals surface area contributed by atoms with E-state index in [1.807, 2.05) is 18.8 Å². The first-order valence-electron chi connectivity index (χ1n) is 12.7. The lowest BCUT2D eigenvalue weighted by Gasteiger charge is -2.31. The second-order valence-electron chi connectivity index (χ2n) is 10.2. The smallest absolute Gasteiger partial charge is 0.246 e. The van der Waals surface area contributed by atoms with Crippen molar-refractivity contribution in [3.8, 4) is 17.2 Å². The Balaban J connectivity index is 1.94. The van der Waals surface area contributed by atoms with E-state index in [1.54, 1.807) is 12.1 Å². The van der Waals surface area contributed by atoms with E-state index < -0.39 is 37.7 Å². The van der Waals surface area contributed by atoms with Gasteiger partial charge in [-0.25, -0.2) is 32.1 Å². The van der Waals surface area contributed by atoms with Gasteiger partial charge in [-0.05, 0) is 60.1 Å². The standard InChI is InChI=1S/C28H31BrFN5O6S2/c1-40-24-10-7-9-22(36)26(24)35-27(21-8-6-11-25(31-21)41-2)32-33-28(35)34(14-15-42(3,4)5)43(38,39)17-23(37)19-13-12-18(30)16-20(19)29/h7,9-13,16,23,36-37H,14-15,17H2,1-5H3/t23-/m0/s1. The van der Waals surface area contributed by atoms with Gasteiger partial charge in [-0.2, -0.15) is 0 Å². The number of anilines is 1. The summed E-state index contributed by atoms with van der Waals surface area (Å²) < 4.78 is 55.3. The SMILES string of the molecule is COC1=NC(c2nnc(N(CCS(C)(C)C)S(=O)(=O)C[C@H](O)c3ccc(F)cc3Br)n2-c2c(O)cccc2OC)=C=C=C1. The number of hydrogen-bond donors (Lipinski definition) is 2. The molecule has 0 aliphatic carbocycles. The van der Waals surface area contributed by atoms with E-state index in [2.05, 4.69) is 42.6 Å². The lowest BCUT2D eigenvalue weighted by molar-refractivity contribution is 0.200. The summed E-state index contributed by atoms with van der Waals surface area (Å²) in [4.78, 5) is 4.36. The number of rotatable bonds is 11. The normalized spacial score (nSPS) is 14.2. The largest absolute Gasteiger partial charge is 0.506 e. The third kappa shape index (κ3) is 7.32. The molecule has 15 heteroatoms. The molecule has 0 amide bonds. The zero-order valence-corrected chi connectivity index (χ0v) is 27.3. The van der Waals surface area contributed by atoms with E-state index >= 15 is 0 Å². The zero-order chi connectivity index (χ0) is 31.5. The van der Waals surface area contributed by atoms with Gasteiger partial charge in [-0.15, -0.1) is 10.2 Å². The number of ether oxygens (including phenoxy) is 2. The second-order valence-corrected chi connectivity index (χ2v) is 17.6. The van der Waals surface area contributed by atoms with Gasteiger partial charge in [0.2, 0.25) is 21.9 Å². The minimum absolute atomic E-state index is 0.0199. The van der Waals surface area contributed by atoms with Gasteiger partial charge in [0.25, 0.3) is 0 Å². The van der Waals surface area contributed by atoms with Crippen LogP contribution >= 0.6 is 26.0 Å². The molecule has 2 N–H and O–H groups in total. The van der Waals surface area contributed by atoms with E-state index in [4.69, 9.17) is 9.47 Å². The summed E-state index contributed by atoms with van der Waals surface area (Å²) in [6, 6.07) is 8.17. The summed E-state index contributed by atoms with van der Waals surface area (Å²) in [6.07, 6.45) is 6.06. The first kappa shape index (κ1) is 32.3. The first-order chi connectivity index (χ1) is 20.3. The van der Waals surface area contributed by atoms with Crippen LogP contribution in [0.15, 0.2) is 63.4 Å². The maximum atomic E-state index is 14.1. The number of benzene rings is 2. The fourth-order valence-electron chi connectivity index (χ4n) is 4.12. The molecule has 230 valence electrons. The number of phenols is 1. The quantitative estimate of drug-likeness (QED) is 0.285. The van der Waals surface area contributed by atoms with Crippen molar-refractivity contribution in [1.82, 2.24) is 14.8 Å². The van der Waals surface area contributed by atoms with E-state index in [0.29, 0.717) is 5.75 Å². The number of aliphatic imine (C=N–C) groups is 1. The van der Waals surface area contributed by atoms with Crippen molar-refractivity contribution >= 4 is 53.5 Å². The fourth-order valence-corrected chi connectivity index (χ4v) is 7.07. The molecular formula is C28H31BrFN5O6S2. The summed E-state index contributed by atoms with van der Waals surface area (Å²) in [6.45, 7) is -0.0199. The highest BCUT2D eigenvalue weighted by Gasteiger charge is 2.35. The predicted octanol–water partition coefficient (Wildman–Crippen LogP) is 4.16. The van der Waals surface area contributed by atoms with Gasteiger partial charge in [-0.3, -0.25) is 4.57 Å². The van der Waals surface area contributed by atoms with Crippen LogP contribution in [0.1, 0.15) is 17.5 Å². The van der Waals surface area contributed by atoms with Crippen LogP contribution in [-0.4, -0.2) is 90.3 Å². The molecule has 2 aromatic carbocycles. The van der Waals surface area contributed by atoms with Crippen LogP contribution in [0.25, 0.3) is 11.4 Å². The Morgan fingerprint density at radius 2 is 1.88 bits per heavy atom. The number of phenolic OH excluding ortho intramolecular Hbond substituents is 1. The minimum Gasteiger partial charge on any atom is -0.506 e. The average molecular weight is 697 g/mol. The number of sulfonamides is 1. The molecule has 0 saturated carbocycles. The summed E-state index contributed by atoms with van der Waals surface area (Å²) in [5, 5.41) is 30.6. The van der Waals surface area contributed by atoms with E-state index in [0.717, 1.165) is 16.4 Å². The van der Waals surface area contributed by atoms with Gasteiger partial charge in [0.15, 0.2) is 11.5 Å². The molecule has 11 nitrogen and oxygen atoms in total. The highest BCUT2D eigenvalue weighted by atomic mass is 79.9. The average Bonchev–Trinajstić information content (AvgIpc) is 3.35. The molecule has 43 heavy (non-hydrogen) atoms. The molecule has 0 unspecified atom stereocenters. The maximum absolute atomic E-state index is 14.1. The third-order valence-electron chi connectivity index (χ3n) is 6.25. The van der Waals surface area contributed by atoms with Gasteiger partial charge >= 0.3 is 0 Å². The molecule has 1 aliphatic heterocycles. The Hall–Kier alpha value is -3.58. The number of aromatic nitrogens is 3. The molecule has 1 atom stereocenters. The van der Waals surface area contributed by atoms with Crippen LogP contribution in [-0.2, 0) is 14.8 Å². The van der Waals surface area contributed by atoms with Crippen LogP contribution in [0.2, 0.25) is 0 Å². The van der Waals surface area contributed by atoms with E-state index in [9.17, 15) is 23.0 Å². The number of halogens is 2. The topological polar surface area (TPSA) is 139 Å². The van der Waals surface area contributed by atoms with Crippen LogP contribution in [0.5, 0.6) is 11.5 Å². The zero-order valence-electron chi connectivity index (χ0n) is 24.1. The van der Waals surface area contributed by atoms with E-state index in [1.165, 1.54) is 37.0 Å². The monoisotopic (exact) mass is 695 g/mol. The highest BCUT2D eigenvalue weighted by Crippen LogP contribution is 2.39. The Morgan fingerprint density at radius 3 is 2.53 bits per heavy atom. The Morgan fingerprint density at radius 1 is 1.14 bits per heavy atom. The van der Waals surface area contributed by atoms with Crippen molar-refractivity contribution in [3.63, 3.8) is 0 Å². The molecule has 0 fully saturated rings. The molecule has 1 aliphatic rings. The molecular weight excluding hydrogens is 665 g/mol. The number of aliphatic hydroxyl groups excluding tert-OH is 1. The van der Waals surface area contributed by atoms with Gasteiger partial charge in [0.1, 0.15) is 23.0 Å². The summed E-state index contributed by atoms with van der Waals surface area (Å²) in [5.74, 6) is -0.836. The molecule has 3 aromatic rings. The number of methoxy groups -OCH3 is 2. The van der Waals surface area contributed by atoms with Crippen LogP contribution in [0.3, 0.4) is 0 Å². The highest BCUT2D eigenvalue weighted by molar-refractivity contribution is 9.10. The molecule has 0 bridgehead atoms. The van der Waals surface area contributed by atoms with Crippen molar-refractivity contribution in [2.24, 2.45) is 4.99 Å². The summed E-state index contributed by atoms with van der Waals surface area (Å²) in [5.41, 5.74) is 5.99. The van der Waals surface area contributed by atoms with Gasteiger partial charge in [-0.1, -0.05) is 33.8 Å². The Kier molecular flexibility index (Phi) is 9.75.